The predicted molar refractivity (Wildman–Crippen MR) is 335 cm³/mol. The van der Waals surface area contributed by atoms with Gasteiger partial charge in [-0.1, -0.05) is 224 Å². The van der Waals surface area contributed by atoms with Gasteiger partial charge in [0.1, 0.15) is 0 Å². The largest absolute Gasteiger partial charge is 0.309 e. The number of para-hydroxylation sites is 4. The van der Waals surface area contributed by atoms with Crippen molar-refractivity contribution in [3.63, 3.8) is 0 Å². The molecule has 0 unspecified atom stereocenters. The molecule has 0 amide bonds. The van der Waals surface area contributed by atoms with Gasteiger partial charge in [-0.05, 0) is 100 Å². The molecule has 0 fully saturated rings. The molecule has 16 rings (SSSR count). The van der Waals surface area contributed by atoms with E-state index >= 15 is 0 Å². The van der Waals surface area contributed by atoms with Gasteiger partial charge >= 0.3 is 0 Å². The lowest BCUT2D eigenvalue weighted by atomic mass is 10.0. The molecule has 0 saturated heterocycles. The normalized spacial score (nSPS) is 11.7. The van der Waals surface area contributed by atoms with E-state index in [0.29, 0.717) is 17.5 Å². The first-order valence-corrected chi connectivity index (χ1v) is 27.5. The van der Waals surface area contributed by atoms with Crippen LogP contribution < -0.4 is 0 Å². The van der Waals surface area contributed by atoms with Crippen LogP contribution >= 0.6 is 0 Å². The van der Waals surface area contributed by atoms with Crippen molar-refractivity contribution in [3.05, 3.63) is 291 Å². The molecule has 6 heteroatoms. The van der Waals surface area contributed by atoms with Gasteiger partial charge in [0.25, 0.3) is 0 Å². The number of nitrogens with zero attached hydrogens (tertiary/aromatic N) is 6. The summed E-state index contributed by atoms with van der Waals surface area (Å²) in [6.07, 6.45) is 0. The highest BCUT2D eigenvalue weighted by Crippen LogP contribution is 2.42. The number of hydrogen-bond donors (Lipinski definition) is 0. The zero-order valence-electron chi connectivity index (χ0n) is 43.9. The van der Waals surface area contributed by atoms with Gasteiger partial charge in [-0.15, -0.1) is 0 Å². The second-order valence-electron chi connectivity index (χ2n) is 20.8. The van der Waals surface area contributed by atoms with Crippen LogP contribution in [0.5, 0.6) is 0 Å². The zero-order chi connectivity index (χ0) is 53.4. The summed E-state index contributed by atoms with van der Waals surface area (Å²) in [4.78, 5) is 15.0. The molecular weight excluding hydrogens is 985 g/mol. The zero-order valence-corrected chi connectivity index (χ0v) is 43.9. The molecule has 0 aliphatic rings. The highest BCUT2D eigenvalue weighted by Gasteiger charge is 2.22. The van der Waals surface area contributed by atoms with Crippen molar-refractivity contribution in [2.24, 2.45) is 0 Å². The minimum atomic E-state index is 0.623. The number of aromatic nitrogens is 6. The van der Waals surface area contributed by atoms with Crippen molar-refractivity contribution in [2.75, 3.05) is 0 Å². The Hall–Kier alpha value is -11.0. The van der Waals surface area contributed by atoms with Gasteiger partial charge in [-0.3, -0.25) is 0 Å². The highest BCUT2D eigenvalue weighted by molar-refractivity contribution is 6.14. The molecule has 0 aliphatic heterocycles. The number of rotatable bonds is 9. The van der Waals surface area contributed by atoms with Gasteiger partial charge < -0.3 is 13.7 Å². The number of hydrogen-bond acceptors (Lipinski definition) is 3. The van der Waals surface area contributed by atoms with Crippen LogP contribution in [-0.2, 0) is 0 Å². The summed E-state index contributed by atoms with van der Waals surface area (Å²) in [5.74, 6) is 1.90. The lowest BCUT2D eigenvalue weighted by Crippen LogP contribution is -2.04. The summed E-state index contributed by atoms with van der Waals surface area (Å²) in [7, 11) is 0. The first-order chi connectivity index (χ1) is 40.2. The second-order valence-corrected chi connectivity index (χ2v) is 20.8. The second kappa shape index (κ2) is 18.9. The molecule has 16 aromatic rings. The van der Waals surface area contributed by atoms with E-state index in [2.05, 4.69) is 244 Å². The van der Waals surface area contributed by atoms with E-state index in [0.717, 1.165) is 78.1 Å². The Labute approximate surface area is 467 Å². The fourth-order valence-corrected chi connectivity index (χ4v) is 12.3. The summed E-state index contributed by atoms with van der Waals surface area (Å²) in [5, 5.41) is 7.25. The smallest absolute Gasteiger partial charge is 0.164 e. The molecule has 0 bridgehead atoms. The predicted octanol–water partition coefficient (Wildman–Crippen LogP) is 19.2. The molecule has 0 N–H and O–H groups in total. The minimum Gasteiger partial charge on any atom is -0.309 e. The minimum absolute atomic E-state index is 0.623. The third-order valence-electron chi connectivity index (χ3n) is 16.1. The third-order valence-corrected chi connectivity index (χ3v) is 16.1. The van der Waals surface area contributed by atoms with E-state index in [4.69, 9.17) is 15.0 Å². The Morgan fingerprint density at radius 3 is 1.12 bits per heavy atom. The average Bonchev–Trinajstić information content (AvgIpc) is 4.33. The lowest BCUT2D eigenvalue weighted by Gasteiger charge is -2.19. The molecule has 0 spiro atoms. The fraction of sp³-hybridized carbons (Fsp3) is 0. The Morgan fingerprint density at radius 2 is 0.543 bits per heavy atom. The van der Waals surface area contributed by atoms with Crippen LogP contribution in [0, 0.1) is 0 Å². The van der Waals surface area contributed by atoms with E-state index in [1.165, 1.54) is 54.5 Å². The molecule has 81 heavy (non-hydrogen) atoms. The Bertz CT molecular complexity index is 4980. The van der Waals surface area contributed by atoms with Crippen molar-refractivity contribution >= 4 is 65.4 Å². The van der Waals surface area contributed by atoms with Crippen LogP contribution in [0.3, 0.4) is 0 Å². The standard InChI is InChI=1S/C75H48N6/c1-4-19-49(20-5-1)54-25-18-26-58(45-54)79-65-31-14-13-30-62(65)64-46-55(40-43-69(64)79)57-39-42-63-61-29-12-17-34-68(61)81(71(63)47-57)70-44-41-56(48-72(70)80-66-32-15-10-27-59(66)60-28-11-16-33-67(60)80)50-35-37-53(38-36-50)75-77-73(51-21-6-2-7-22-51)76-74(78-75)52-23-8-3-9-24-52/h1-48H. The molecule has 6 nitrogen and oxygen atoms in total. The van der Waals surface area contributed by atoms with Crippen LogP contribution in [0.25, 0.3) is 150 Å². The first kappa shape index (κ1) is 46.2. The van der Waals surface area contributed by atoms with Crippen molar-refractivity contribution in [3.8, 4) is 84.6 Å². The van der Waals surface area contributed by atoms with Crippen LogP contribution in [0.2, 0.25) is 0 Å². The topological polar surface area (TPSA) is 53.5 Å². The Kier molecular flexibility index (Phi) is 10.8. The first-order valence-electron chi connectivity index (χ1n) is 27.5. The van der Waals surface area contributed by atoms with Gasteiger partial charge in [0.15, 0.2) is 17.5 Å². The molecule has 12 aromatic carbocycles. The molecular formula is C75H48N6. The summed E-state index contributed by atoms with van der Waals surface area (Å²) in [6.45, 7) is 0. The van der Waals surface area contributed by atoms with Crippen molar-refractivity contribution < 1.29 is 0 Å². The van der Waals surface area contributed by atoms with Gasteiger partial charge in [0, 0.05) is 54.7 Å². The highest BCUT2D eigenvalue weighted by atomic mass is 15.1. The van der Waals surface area contributed by atoms with Gasteiger partial charge in [0.05, 0.1) is 44.5 Å². The molecule has 0 saturated carbocycles. The Balaban J connectivity index is 0.860. The monoisotopic (exact) mass is 1030 g/mol. The van der Waals surface area contributed by atoms with E-state index in [1.807, 2.05) is 60.7 Å². The van der Waals surface area contributed by atoms with Crippen LogP contribution in [0.4, 0.5) is 0 Å². The van der Waals surface area contributed by atoms with E-state index in [1.54, 1.807) is 0 Å². The maximum Gasteiger partial charge on any atom is 0.164 e. The van der Waals surface area contributed by atoms with Crippen molar-refractivity contribution in [1.82, 2.24) is 28.7 Å². The molecule has 0 radical (unpaired) electrons. The quantitative estimate of drug-likeness (QED) is 0.145. The van der Waals surface area contributed by atoms with Crippen LogP contribution in [0.15, 0.2) is 291 Å². The molecule has 0 atom stereocenters. The van der Waals surface area contributed by atoms with Gasteiger partial charge in [0.2, 0.25) is 0 Å². The van der Waals surface area contributed by atoms with Crippen LogP contribution in [0.1, 0.15) is 0 Å². The number of benzene rings is 12. The van der Waals surface area contributed by atoms with Crippen LogP contribution in [-0.4, -0.2) is 28.7 Å². The molecule has 4 heterocycles. The lowest BCUT2D eigenvalue weighted by molar-refractivity contribution is 1.07. The molecule has 4 aromatic heterocycles. The Morgan fingerprint density at radius 1 is 0.185 bits per heavy atom. The summed E-state index contributed by atoms with van der Waals surface area (Å²) >= 11 is 0. The molecule has 378 valence electrons. The maximum atomic E-state index is 5.04. The summed E-state index contributed by atoms with van der Waals surface area (Å²) in [6, 6.07) is 105. The average molecular weight is 1030 g/mol. The van der Waals surface area contributed by atoms with Gasteiger partial charge in [-0.25, -0.2) is 15.0 Å². The van der Waals surface area contributed by atoms with Crippen molar-refractivity contribution in [1.29, 1.82) is 0 Å². The van der Waals surface area contributed by atoms with Crippen molar-refractivity contribution in [2.45, 2.75) is 0 Å². The summed E-state index contributed by atoms with van der Waals surface area (Å²) in [5.41, 5.74) is 19.9. The maximum absolute atomic E-state index is 5.04. The summed E-state index contributed by atoms with van der Waals surface area (Å²) < 4.78 is 7.36. The van der Waals surface area contributed by atoms with Gasteiger partial charge in [-0.2, -0.15) is 0 Å². The van der Waals surface area contributed by atoms with E-state index in [9.17, 15) is 0 Å². The van der Waals surface area contributed by atoms with E-state index in [-0.39, 0.29) is 0 Å². The molecule has 0 aliphatic carbocycles. The SMILES string of the molecule is c1ccc(-c2cccc(-n3c4ccccc4c4cc(-c5ccc6c7ccccc7n(-c7ccc(-c8ccc(-c9nc(-c%10ccccc%10)nc(-c%10ccccc%10)n9)cc8)cc7-n7c8ccccc8c8ccccc87)c6c5)ccc43)c2)cc1. The third kappa shape index (κ3) is 7.76. The number of fused-ring (bicyclic) bond motifs is 9. The van der Waals surface area contributed by atoms with E-state index < -0.39 is 0 Å². The fourth-order valence-electron chi connectivity index (χ4n) is 12.3.